The van der Waals surface area contributed by atoms with E-state index >= 15 is 0 Å². The Hall–Kier alpha value is -0.0536. The molecule has 0 amide bonds. The van der Waals surface area contributed by atoms with Gasteiger partial charge < -0.3 is 24.8 Å². The molecule has 0 saturated heterocycles. The van der Waals surface area contributed by atoms with Crippen molar-refractivity contribution in [3.05, 3.63) is 29.3 Å². The number of hydrogen-bond acceptors (Lipinski definition) is 4. The van der Waals surface area contributed by atoms with Crippen LogP contribution in [0, 0.1) is 0 Å². The fourth-order valence-corrected chi connectivity index (χ4v) is 1.63. The molecule has 1 rings (SSSR count). The molecule has 0 radical (unpaired) electrons. The Bertz CT molecular complexity index is 507. The van der Waals surface area contributed by atoms with Crippen molar-refractivity contribution in [1.29, 1.82) is 0 Å². The van der Waals surface area contributed by atoms with E-state index < -0.39 is 36.0 Å². The van der Waals surface area contributed by atoms with Crippen molar-refractivity contribution in [2.75, 3.05) is 0 Å². The molecular weight excluding hydrogens is 278 g/mol. The van der Waals surface area contributed by atoms with Crippen LogP contribution in [0.4, 0.5) is 0 Å². The second kappa shape index (κ2) is 6.21. The van der Waals surface area contributed by atoms with Crippen LogP contribution in [0.15, 0.2) is 18.2 Å². The first-order valence-electron chi connectivity index (χ1n) is 3.88. The van der Waals surface area contributed by atoms with Crippen molar-refractivity contribution in [3.8, 4) is 0 Å². The first-order chi connectivity index (χ1) is 7.23. The number of hydrogen-bond donors (Lipinski definition) is 3. The Kier molecular flexibility index (Phi) is 6.19. The van der Waals surface area contributed by atoms with Gasteiger partial charge in [-0.05, 0) is 12.1 Å². The maximum atomic E-state index is 10.8. The molecule has 0 heterocycles. The topological polar surface area (TPSA) is 135 Å². The van der Waals surface area contributed by atoms with Gasteiger partial charge in [0.05, 0.1) is 16.8 Å². The van der Waals surface area contributed by atoms with Gasteiger partial charge in [0.1, 0.15) is 0 Å². The van der Waals surface area contributed by atoms with Gasteiger partial charge in [-0.1, -0.05) is 6.07 Å². The van der Waals surface area contributed by atoms with Gasteiger partial charge in [-0.3, -0.25) is 4.57 Å². The number of benzene rings is 1. The minimum Gasteiger partial charge on any atom is -0.545 e. The second-order valence-electron chi connectivity index (χ2n) is 2.87. The van der Waals surface area contributed by atoms with Crippen molar-refractivity contribution in [2.45, 2.75) is 0 Å². The minimum absolute atomic E-state index is 0. The van der Waals surface area contributed by atoms with Gasteiger partial charge in [-0.2, -0.15) is 0 Å². The smallest absolute Gasteiger partial charge is 0.545 e. The predicted octanol–water partition coefficient (Wildman–Crippen LogP) is -4.44. The Morgan fingerprint density at radius 3 is 2.06 bits per heavy atom. The van der Waals surface area contributed by atoms with Crippen LogP contribution in [-0.2, 0) is 4.57 Å². The maximum Gasteiger partial charge on any atom is 1.00 e. The van der Waals surface area contributed by atoms with Crippen molar-refractivity contribution in [1.82, 2.24) is 0 Å². The molecule has 0 fully saturated rings. The molecule has 0 aliphatic rings. The Morgan fingerprint density at radius 2 is 1.71 bits per heavy atom. The van der Waals surface area contributed by atoms with Crippen molar-refractivity contribution < 1.29 is 85.5 Å². The zero-order valence-corrected chi connectivity index (χ0v) is 12.7. The summed E-state index contributed by atoms with van der Waals surface area (Å²) in [5, 5.41) is 18.6. The van der Waals surface area contributed by atoms with Crippen LogP contribution in [0.5, 0.6) is 0 Å². The van der Waals surface area contributed by atoms with E-state index in [-0.39, 0.29) is 51.4 Å². The molecule has 0 aromatic heterocycles. The fraction of sp³-hybridized carbons (Fsp3) is 0. The van der Waals surface area contributed by atoms with Crippen LogP contribution in [0.3, 0.4) is 0 Å². The van der Waals surface area contributed by atoms with Crippen LogP contribution in [0.1, 0.15) is 20.7 Å². The zero-order valence-electron chi connectivity index (χ0n) is 8.65. The third kappa shape index (κ3) is 4.27. The normalized spacial score (nSPS) is 10.5. The number of carboxylic acid groups (broad SMARTS) is 2. The predicted molar refractivity (Wildman–Crippen MR) is 49.4 cm³/mol. The average Bonchev–Trinajstić information content (AvgIpc) is 2.15. The number of rotatable bonds is 3. The van der Waals surface area contributed by atoms with Gasteiger partial charge in [-0.25, -0.2) is 4.79 Å². The third-order valence-corrected chi connectivity index (χ3v) is 2.74. The Balaban J connectivity index is 0.00000256. The second-order valence-corrected chi connectivity index (χ2v) is 4.47. The molecule has 0 bridgehead atoms. The van der Waals surface area contributed by atoms with Crippen molar-refractivity contribution >= 4 is 24.8 Å². The van der Waals surface area contributed by atoms with Crippen LogP contribution in [0.2, 0.25) is 0 Å². The molecule has 7 nitrogen and oxygen atoms in total. The van der Waals surface area contributed by atoms with Gasteiger partial charge >= 0.3 is 64.9 Å². The quantitative estimate of drug-likeness (QED) is 0.376. The van der Waals surface area contributed by atoms with E-state index in [0.717, 1.165) is 12.1 Å². The first kappa shape index (κ1) is 16.9. The summed E-state index contributed by atoms with van der Waals surface area (Å²) in [5.74, 6) is -3.33. The SMILES string of the molecule is O=C([O-])c1ccc(P(=O)(O)O)cc1C(=O)O.[K+]. The van der Waals surface area contributed by atoms with Crippen LogP contribution in [-0.4, -0.2) is 26.8 Å². The maximum absolute atomic E-state index is 10.8. The standard InChI is InChI=1S/C8H7O7P.K/c9-7(10)5-2-1-4(16(13,14)15)3-6(5)8(11)12;/h1-3H,(H,9,10)(H,11,12)(H2,13,14,15);/q;+1/p-1. The van der Waals surface area contributed by atoms with E-state index in [1.807, 2.05) is 0 Å². The number of carbonyl (C=O) groups excluding carboxylic acids is 1. The fourth-order valence-electron chi connectivity index (χ4n) is 1.07. The van der Waals surface area contributed by atoms with Gasteiger partial charge in [0, 0.05) is 5.56 Å². The number of carboxylic acids is 2. The molecule has 0 atom stereocenters. The summed E-state index contributed by atoms with van der Waals surface area (Å²) in [6.07, 6.45) is 0. The molecule has 0 aliphatic carbocycles. The molecule has 1 aromatic carbocycles. The van der Waals surface area contributed by atoms with Crippen molar-refractivity contribution in [3.63, 3.8) is 0 Å². The van der Waals surface area contributed by atoms with Crippen LogP contribution >= 0.6 is 7.60 Å². The van der Waals surface area contributed by atoms with E-state index in [0.29, 0.717) is 6.07 Å². The number of carbonyl (C=O) groups is 2. The first-order valence-corrected chi connectivity index (χ1v) is 5.49. The van der Waals surface area contributed by atoms with Crippen molar-refractivity contribution in [2.24, 2.45) is 0 Å². The molecule has 1 aromatic rings. The summed E-state index contributed by atoms with van der Waals surface area (Å²) in [7, 11) is -4.61. The molecule has 3 N–H and O–H groups in total. The van der Waals surface area contributed by atoms with E-state index in [4.69, 9.17) is 14.9 Å². The summed E-state index contributed by atoms with van der Waals surface area (Å²) in [4.78, 5) is 38.7. The van der Waals surface area contributed by atoms with Gasteiger partial charge in [-0.15, -0.1) is 0 Å². The minimum atomic E-state index is -4.61. The Morgan fingerprint density at radius 1 is 1.18 bits per heavy atom. The summed E-state index contributed by atoms with van der Waals surface area (Å²) < 4.78 is 10.8. The molecule has 17 heavy (non-hydrogen) atoms. The molecule has 0 unspecified atom stereocenters. The molecular formula is C8H6KO7P. The van der Waals surface area contributed by atoms with E-state index in [2.05, 4.69) is 0 Å². The average molecular weight is 284 g/mol. The summed E-state index contributed by atoms with van der Waals surface area (Å²) in [6.45, 7) is 0. The zero-order chi connectivity index (χ0) is 12.5. The summed E-state index contributed by atoms with van der Waals surface area (Å²) in [6, 6.07) is 2.25. The molecule has 86 valence electrons. The molecule has 9 heteroatoms. The Labute approximate surface area is 138 Å². The van der Waals surface area contributed by atoms with Gasteiger partial charge in [0.25, 0.3) is 0 Å². The van der Waals surface area contributed by atoms with Gasteiger partial charge in [0.2, 0.25) is 0 Å². The van der Waals surface area contributed by atoms with Gasteiger partial charge in [0.15, 0.2) is 0 Å². The summed E-state index contributed by atoms with van der Waals surface area (Å²) in [5.41, 5.74) is -1.36. The monoisotopic (exact) mass is 284 g/mol. The number of aromatic carboxylic acids is 2. The van der Waals surface area contributed by atoms with E-state index in [1.54, 1.807) is 0 Å². The van der Waals surface area contributed by atoms with E-state index in [9.17, 15) is 19.3 Å². The molecule has 0 spiro atoms. The molecule has 0 saturated carbocycles. The third-order valence-electron chi connectivity index (χ3n) is 1.79. The largest absolute Gasteiger partial charge is 1.00 e. The van der Waals surface area contributed by atoms with E-state index in [1.165, 1.54) is 0 Å². The molecule has 0 aliphatic heterocycles. The van der Waals surface area contributed by atoms with Crippen LogP contribution in [0.25, 0.3) is 0 Å². The summed E-state index contributed by atoms with van der Waals surface area (Å²) >= 11 is 0. The van der Waals surface area contributed by atoms with Crippen LogP contribution < -0.4 is 61.8 Å².